The van der Waals surface area contributed by atoms with Crippen molar-refractivity contribution in [3.8, 4) is 0 Å². The van der Waals surface area contributed by atoms with Gasteiger partial charge in [-0.25, -0.2) is 9.67 Å². The topological polar surface area (TPSA) is 50.9 Å². The molecule has 2 aromatic carbocycles. The third-order valence-electron chi connectivity index (χ3n) is 6.05. The summed E-state index contributed by atoms with van der Waals surface area (Å²) in [5, 5.41) is 17.2. The average molecular weight is 394 g/mol. The lowest BCUT2D eigenvalue weighted by atomic mass is 9.58. The van der Waals surface area contributed by atoms with Crippen LogP contribution in [0.15, 0.2) is 72.8 Å². The summed E-state index contributed by atoms with van der Waals surface area (Å²) in [6.45, 7) is 2.52. The van der Waals surface area contributed by atoms with Crippen molar-refractivity contribution >= 4 is 17.7 Å². The SMILES string of the molecule is CC1(c2ccccc2)CCCC(=Cc2ccc(Cl)cc2)C1(O)Cn1cncn1. The summed E-state index contributed by atoms with van der Waals surface area (Å²) >= 11 is 6.04. The van der Waals surface area contributed by atoms with Gasteiger partial charge in [0.05, 0.1) is 6.54 Å². The van der Waals surface area contributed by atoms with Crippen molar-refractivity contribution in [2.24, 2.45) is 0 Å². The van der Waals surface area contributed by atoms with Crippen LogP contribution in [0.1, 0.15) is 37.3 Å². The number of aliphatic hydroxyl groups is 1. The second kappa shape index (κ2) is 7.53. The van der Waals surface area contributed by atoms with E-state index in [-0.39, 0.29) is 0 Å². The van der Waals surface area contributed by atoms with Crippen molar-refractivity contribution in [2.75, 3.05) is 0 Å². The Morgan fingerprint density at radius 3 is 2.57 bits per heavy atom. The Bertz CT molecular complexity index is 953. The first-order chi connectivity index (χ1) is 13.5. The second-order valence-electron chi connectivity index (χ2n) is 7.73. The molecule has 1 aromatic heterocycles. The maximum absolute atomic E-state index is 12.2. The summed E-state index contributed by atoms with van der Waals surface area (Å²) in [5.74, 6) is 0. The third kappa shape index (κ3) is 3.38. The molecular formula is C23H24ClN3O. The third-order valence-corrected chi connectivity index (χ3v) is 6.30. The number of hydrogen-bond acceptors (Lipinski definition) is 3. The Morgan fingerprint density at radius 2 is 1.89 bits per heavy atom. The van der Waals surface area contributed by atoms with E-state index in [0.29, 0.717) is 11.6 Å². The van der Waals surface area contributed by atoms with Gasteiger partial charge in [0.2, 0.25) is 0 Å². The van der Waals surface area contributed by atoms with Gasteiger partial charge in [-0.15, -0.1) is 0 Å². The number of rotatable bonds is 4. The molecule has 3 aromatic rings. The standard InChI is InChI=1S/C23H24ClN3O/c1-22(19-6-3-2-4-7-19)13-5-8-20(14-18-9-11-21(24)12-10-18)23(22,28)15-27-17-25-16-26-27/h2-4,6-7,9-12,14,16-17,28H,5,8,13,15H2,1H3. The van der Waals surface area contributed by atoms with Crippen molar-refractivity contribution in [3.63, 3.8) is 0 Å². The Hall–Kier alpha value is -2.43. The van der Waals surface area contributed by atoms with Gasteiger partial charge in [0.1, 0.15) is 18.3 Å². The summed E-state index contributed by atoms with van der Waals surface area (Å²) in [5.41, 5.74) is 1.67. The molecule has 5 heteroatoms. The Morgan fingerprint density at radius 1 is 1.14 bits per heavy atom. The van der Waals surface area contributed by atoms with Crippen LogP contribution >= 0.6 is 11.6 Å². The molecule has 0 saturated heterocycles. The van der Waals surface area contributed by atoms with Crippen LogP contribution in [0.2, 0.25) is 5.02 Å². The largest absolute Gasteiger partial charge is 0.383 e. The van der Waals surface area contributed by atoms with Crippen molar-refractivity contribution in [1.29, 1.82) is 0 Å². The molecule has 1 aliphatic carbocycles. The quantitative estimate of drug-likeness (QED) is 0.686. The van der Waals surface area contributed by atoms with Gasteiger partial charge in [-0.2, -0.15) is 5.10 Å². The molecule has 0 aliphatic heterocycles. The minimum Gasteiger partial charge on any atom is -0.383 e. The summed E-state index contributed by atoms with van der Waals surface area (Å²) in [4.78, 5) is 4.06. The highest BCUT2D eigenvalue weighted by Gasteiger charge is 2.52. The highest BCUT2D eigenvalue weighted by atomic mass is 35.5. The molecule has 0 spiro atoms. The van der Waals surface area contributed by atoms with E-state index in [1.54, 1.807) is 11.0 Å². The van der Waals surface area contributed by atoms with Crippen LogP contribution in [0.5, 0.6) is 0 Å². The van der Waals surface area contributed by atoms with E-state index in [1.165, 1.54) is 6.33 Å². The Kier molecular flexibility index (Phi) is 5.09. The number of benzene rings is 2. The van der Waals surface area contributed by atoms with E-state index in [0.717, 1.165) is 36.0 Å². The molecule has 2 unspecified atom stereocenters. The van der Waals surface area contributed by atoms with E-state index < -0.39 is 11.0 Å². The number of nitrogens with zero attached hydrogens (tertiary/aromatic N) is 3. The predicted molar refractivity (Wildman–Crippen MR) is 112 cm³/mol. The van der Waals surface area contributed by atoms with Gasteiger partial charge in [0, 0.05) is 10.4 Å². The minimum atomic E-state index is -1.08. The molecule has 1 N–H and O–H groups in total. The fourth-order valence-electron chi connectivity index (χ4n) is 4.37. The van der Waals surface area contributed by atoms with E-state index in [1.807, 2.05) is 42.5 Å². The zero-order valence-corrected chi connectivity index (χ0v) is 16.7. The summed E-state index contributed by atoms with van der Waals surface area (Å²) in [6, 6.07) is 18.0. The lowest BCUT2D eigenvalue weighted by Gasteiger charge is -2.50. The van der Waals surface area contributed by atoms with Crippen molar-refractivity contribution in [2.45, 2.75) is 43.7 Å². The maximum Gasteiger partial charge on any atom is 0.137 e. The molecule has 1 aliphatic rings. The molecule has 1 heterocycles. The number of halogens is 1. The van der Waals surface area contributed by atoms with Gasteiger partial charge in [-0.05, 0) is 48.1 Å². The monoisotopic (exact) mass is 393 g/mol. The second-order valence-corrected chi connectivity index (χ2v) is 8.16. The van der Waals surface area contributed by atoms with Crippen molar-refractivity contribution in [1.82, 2.24) is 14.8 Å². The van der Waals surface area contributed by atoms with Crippen LogP contribution in [-0.4, -0.2) is 25.5 Å². The highest BCUT2D eigenvalue weighted by molar-refractivity contribution is 6.30. The lowest BCUT2D eigenvalue weighted by Crippen LogP contribution is -2.56. The van der Waals surface area contributed by atoms with Crippen LogP contribution < -0.4 is 0 Å². The molecule has 0 bridgehead atoms. The number of hydrogen-bond donors (Lipinski definition) is 1. The van der Waals surface area contributed by atoms with Crippen molar-refractivity contribution < 1.29 is 5.11 Å². The molecular weight excluding hydrogens is 370 g/mol. The van der Waals surface area contributed by atoms with Gasteiger partial charge >= 0.3 is 0 Å². The van der Waals surface area contributed by atoms with E-state index in [9.17, 15) is 5.11 Å². The van der Waals surface area contributed by atoms with E-state index in [2.05, 4.69) is 35.2 Å². The number of aromatic nitrogens is 3. The maximum atomic E-state index is 12.2. The van der Waals surface area contributed by atoms with Gasteiger partial charge in [0.15, 0.2) is 0 Å². The Balaban J connectivity index is 1.83. The van der Waals surface area contributed by atoms with Crippen LogP contribution in [0.25, 0.3) is 6.08 Å². The first-order valence-electron chi connectivity index (χ1n) is 9.58. The molecule has 0 radical (unpaired) electrons. The summed E-state index contributed by atoms with van der Waals surface area (Å²) < 4.78 is 1.72. The van der Waals surface area contributed by atoms with Gasteiger partial charge in [-0.1, -0.05) is 67.1 Å². The fraction of sp³-hybridized carbons (Fsp3) is 0.304. The lowest BCUT2D eigenvalue weighted by molar-refractivity contribution is -0.0355. The molecule has 2 atom stereocenters. The summed E-state index contributed by atoms with van der Waals surface area (Å²) in [7, 11) is 0. The normalized spacial score (nSPS) is 26.5. The first kappa shape index (κ1) is 18.9. The fourth-order valence-corrected chi connectivity index (χ4v) is 4.49. The molecule has 28 heavy (non-hydrogen) atoms. The van der Waals surface area contributed by atoms with E-state index in [4.69, 9.17) is 11.6 Å². The average Bonchev–Trinajstić information content (AvgIpc) is 3.21. The van der Waals surface area contributed by atoms with Crippen LogP contribution in [0.3, 0.4) is 0 Å². The minimum absolute atomic E-state index is 0.359. The van der Waals surface area contributed by atoms with Gasteiger partial charge in [0.25, 0.3) is 0 Å². The van der Waals surface area contributed by atoms with Gasteiger partial charge < -0.3 is 5.11 Å². The first-order valence-corrected chi connectivity index (χ1v) is 9.96. The van der Waals surface area contributed by atoms with Gasteiger partial charge in [-0.3, -0.25) is 0 Å². The zero-order chi connectivity index (χ0) is 19.6. The molecule has 1 fully saturated rings. The Labute approximate surface area is 170 Å². The molecule has 4 rings (SSSR count). The molecule has 1 saturated carbocycles. The zero-order valence-electron chi connectivity index (χ0n) is 15.9. The molecule has 4 nitrogen and oxygen atoms in total. The smallest absolute Gasteiger partial charge is 0.137 e. The van der Waals surface area contributed by atoms with Crippen molar-refractivity contribution in [3.05, 3.63) is 89.0 Å². The van der Waals surface area contributed by atoms with Crippen LogP contribution in [-0.2, 0) is 12.0 Å². The molecule has 0 amide bonds. The highest BCUT2D eigenvalue weighted by Crippen LogP contribution is 2.50. The van der Waals surface area contributed by atoms with Crippen LogP contribution in [0.4, 0.5) is 0 Å². The van der Waals surface area contributed by atoms with E-state index >= 15 is 0 Å². The summed E-state index contributed by atoms with van der Waals surface area (Å²) in [6.07, 6.45) is 8.04. The predicted octanol–water partition coefficient (Wildman–Crippen LogP) is 4.89. The molecule has 144 valence electrons. The van der Waals surface area contributed by atoms with Crippen LogP contribution in [0, 0.1) is 0 Å².